The average molecular weight is 297 g/mol. The molecule has 0 saturated carbocycles. The van der Waals surface area contributed by atoms with E-state index in [0.717, 1.165) is 17.2 Å². The van der Waals surface area contributed by atoms with Crippen molar-refractivity contribution in [1.29, 1.82) is 0 Å². The van der Waals surface area contributed by atoms with Gasteiger partial charge in [-0.25, -0.2) is 8.78 Å². The molecule has 1 nitrogen and oxygen atoms in total. The van der Waals surface area contributed by atoms with Crippen LogP contribution < -0.4 is 0 Å². The monoisotopic (exact) mass is 296 g/mol. The van der Waals surface area contributed by atoms with Gasteiger partial charge in [-0.15, -0.1) is 0 Å². The smallest absolute Gasteiger partial charge is 0.129 e. The summed E-state index contributed by atoms with van der Waals surface area (Å²) in [5.41, 5.74) is 2.84. The van der Waals surface area contributed by atoms with Gasteiger partial charge in [0.2, 0.25) is 0 Å². The summed E-state index contributed by atoms with van der Waals surface area (Å²) in [5.74, 6) is -1.30. The topological polar surface area (TPSA) is 20.2 Å². The Morgan fingerprint density at radius 3 is 2.40 bits per heavy atom. The second-order valence-electron chi connectivity index (χ2n) is 4.91. The van der Waals surface area contributed by atoms with E-state index in [-0.39, 0.29) is 12.0 Å². The van der Waals surface area contributed by atoms with Crippen molar-refractivity contribution in [1.82, 2.24) is 0 Å². The summed E-state index contributed by atoms with van der Waals surface area (Å²) in [4.78, 5) is 0. The summed E-state index contributed by atoms with van der Waals surface area (Å²) in [6.45, 7) is 3.84. The molecule has 1 N–H and O–H groups in total. The van der Waals surface area contributed by atoms with Crippen LogP contribution in [0.1, 0.15) is 28.4 Å². The van der Waals surface area contributed by atoms with Crippen molar-refractivity contribution in [2.24, 2.45) is 0 Å². The van der Waals surface area contributed by atoms with E-state index in [1.165, 1.54) is 12.1 Å². The molecule has 2 aromatic rings. The number of aliphatic hydroxyl groups is 1. The zero-order valence-electron chi connectivity index (χ0n) is 11.3. The standard InChI is InChI=1S/C16H15ClF2O/c1-9-5-13(14(17)6-10(9)2)16(20)7-11-3-4-12(18)8-15(11)19/h3-6,8,16,20H,7H2,1-2H3. The molecule has 1 atom stereocenters. The van der Waals surface area contributed by atoms with Gasteiger partial charge >= 0.3 is 0 Å². The summed E-state index contributed by atoms with van der Waals surface area (Å²) in [7, 11) is 0. The van der Waals surface area contributed by atoms with Gasteiger partial charge in [-0.3, -0.25) is 0 Å². The predicted molar refractivity (Wildman–Crippen MR) is 75.9 cm³/mol. The molecule has 0 bridgehead atoms. The van der Waals surface area contributed by atoms with Gasteiger partial charge in [0.1, 0.15) is 11.6 Å². The van der Waals surface area contributed by atoms with Crippen LogP contribution in [0.3, 0.4) is 0 Å². The van der Waals surface area contributed by atoms with Gasteiger partial charge in [-0.2, -0.15) is 0 Å². The van der Waals surface area contributed by atoms with Gasteiger partial charge in [-0.1, -0.05) is 23.7 Å². The number of aliphatic hydroxyl groups excluding tert-OH is 1. The lowest BCUT2D eigenvalue weighted by Crippen LogP contribution is -2.05. The zero-order chi connectivity index (χ0) is 14.9. The van der Waals surface area contributed by atoms with Crippen LogP contribution in [-0.4, -0.2) is 5.11 Å². The highest BCUT2D eigenvalue weighted by Gasteiger charge is 2.16. The summed E-state index contributed by atoms with van der Waals surface area (Å²) >= 11 is 6.11. The molecule has 0 aliphatic heterocycles. The van der Waals surface area contributed by atoms with Crippen LogP contribution >= 0.6 is 11.6 Å². The van der Waals surface area contributed by atoms with E-state index in [1.54, 1.807) is 12.1 Å². The normalized spacial score (nSPS) is 12.5. The quantitative estimate of drug-likeness (QED) is 0.883. The molecule has 0 aromatic heterocycles. The summed E-state index contributed by atoms with van der Waals surface area (Å²) in [6, 6.07) is 6.89. The Labute approximate surface area is 121 Å². The minimum Gasteiger partial charge on any atom is -0.388 e. The molecule has 2 aromatic carbocycles. The molecule has 1 unspecified atom stereocenters. The van der Waals surface area contributed by atoms with Crippen LogP contribution in [0.25, 0.3) is 0 Å². The molecule has 0 spiro atoms. The highest BCUT2D eigenvalue weighted by atomic mass is 35.5. The van der Waals surface area contributed by atoms with Gasteiger partial charge in [0.25, 0.3) is 0 Å². The van der Waals surface area contributed by atoms with Crippen molar-refractivity contribution < 1.29 is 13.9 Å². The maximum atomic E-state index is 13.6. The van der Waals surface area contributed by atoms with Gasteiger partial charge < -0.3 is 5.11 Å². The maximum absolute atomic E-state index is 13.6. The second kappa shape index (κ2) is 5.90. The van der Waals surface area contributed by atoms with Crippen molar-refractivity contribution in [3.8, 4) is 0 Å². The number of rotatable bonds is 3. The molecule has 0 fully saturated rings. The van der Waals surface area contributed by atoms with Crippen LogP contribution in [0.15, 0.2) is 30.3 Å². The van der Waals surface area contributed by atoms with E-state index in [1.807, 2.05) is 13.8 Å². The number of halogens is 3. The minimum absolute atomic E-state index is 0.0499. The number of hydrogen-bond acceptors (Lipinski definition) is 1. The lowest BCUT2D eigenvalue weighted by atomic mass is 9.97. The van der Waals surface area contributed by atoms with Crippen molar-refractivity contribution in [3.63, 3.8) is 0 Å². The van der Waals surface area contributed by atoms with Gasteiger partial charge in [0.05, 0.1) is 6.10 Å². The molecule has 106 valence electrons. The van der Waals surface area contributed by atoms with Crippen LogP contribution in [0.2, 0.25) is 5.02 Å². The first kappa shape index (κ1) is 14.9. The average Bonchev–Trinajstić information content (AvgIpc) is 2.37. The van der Waals surface area contributed by atoms with Crippen LogP contribution in [-0.2, 0) is 6.42 Å². The molecule has 0 aliphatic rings. The van der Waals surface area contributed by atoms with Crippen molar-refractivity contribution >= 4 is 11.6 Å². The van der Waals surface area contributed by atoms with E-state index >= 15 is 0 Å². The predicted octanol–water partition coefficient (Wildman–Crippen LogP) is 4.51. The van der Waals surface area contributed by atoms with E-state index < -0.39 is 17.7 Å². The Balaban J connectivity index is 2.28. The number of benzene rings is 2. The molecule has 20 heavy (non-hydrogen) atoms. The molecular weight excluding hydrogens is 282 g/mol. The molecule has 0 aliphatic carbocycles. The SMILES string of the molecule is Cc1cc(Cl)c(C(O)Cc2ccc(F)cc2F)cc1C. The first-order valence-electron chi connectivity index (χ1n) is 6.27. The van der Waals surface area contributed by atoms with E-state index in [9.17, 15) is 13.9 Å². The molecule has 4 heteroatoms. The summed E-state index contributed by atoms with van der Waals surface area (Å²) in [6.07, 6.45) is -0.879. The Bertz CT molecular complexity index is 641. The second-order valence-corrected chi connectivity index (χ2v) is 5.32. The Kier molecular flexibility index (Phi) is 4.41. The van der Waals surface area contributed by atoms with Crippen LogP contribution in [0, 0.1) is 25.5 Å². The van der Waals surface area contributed by atoms with Crippen molar-refractivity contribution in [2.75, 3.05) is 0 Å². The van der Waals surface area contributed by atoms with Crippen molar-refractivity contribution in [3.05, 3.63) is 69.2 Å². The summed E-state index contributed by atoms with van der Waals surface area (Å²) < 4.78 is 26.4. The minimum atomic E-state index is -0.929. The van der Waals surface area contributed by atoms with Crippen molar-refractivity contribution in [2.45, 2.75) is 26.4 Å². The zero-order valence-corrected chi connectivity index (χ0v) is 12.0. The third-order valence-corrected chi connectivity index (χ3v) is 3.73. The van der Waals surface area contributed by atoms with Crippen LogP contribution in [0.5, 0.6) is 0 Å². The fourth-order valence-electron chi connectivity index (χ4n) is 2.06. The Hall–Kier alpha value is -1.45. The third kappa shape index (κ3) is 3.17. The molecule has 0 amide bonds. The van der Waals surface area contributed by atoms with Gasteiger partial charge in [0.15, 0.2) is 0 Å². The first-order valence-corrected chi connectivity index (χ1v) is 6.65. The molecule has 0 heterocycles. The highest BCUT2D eigenvalue weighted by Crippen LogP contribution is 2.29. The Morgan fingerprint density at radius 1 is 1.10 bits per heavy atom. The molecule has 2 rings (SSSR count). The highest BCUT2D eigenvalue weighted by molar-refractivity contribution is 6.31. The number of aryl methyl sites for hydroxylation is 2. The lowest BCUT2D eigenvalue weighted by molar-refractivity contribution is 0.177. The third-order valence-electron chi connectivity index (χ3n) is 3.40. The summed E-state index contributed by atoms with van der Waals surface area (Å²) in [5, 5.41) is 10.7. The molecular formula is C16H15ClF2O. The fraction of sp³-hybridized carbons (Fsp3) is 0.250. The van der Waals surface area contributed by atoms with Gasteiger partial charge in [0, 0.05) is 17.5 Å². The lowest BCUT2D eigenvalue weighted by Gasteiger charge is -2.15. The van der Waals surface area contributed by atoms with E-state index in [4.69, 9.17) is 11.6 Å². The first-order chi connectivity index (χ1) is 9.38. The van der Waals surface area contributed by atoms with E-state index in [2.05, 4.69) is 0 Å². The van der Waals surface area contributed by atoms with E-state index in [0.29, 0.717) is 10.6 Å². The Morgan fingerprint density at radius 2 is 1.75 bits per heavy atom. The van der Waals surface area contributed by atoms with Crippen LogP contribution in [0.4, 0.5) is 8.78 Å². The largest absolute Gasteiger partial charge is 0.388 e. The number of hydrogen-bond donors (Lipinski definition) is 1. The maximum Gasteiger partial charge on any atom is 0.129 e. The molecule has 0 saturated heterocycles. The van der Waals surface area contributed by atoms with Gasteiger partial charge in [-0.05, 0) is 48.2 Å². The molecule has 0 radical (unpaired) electrons. The fourth-order valence-corrected chi connectivity index (χ4v) is 2.41.